The minimum atomic E-state index is -0.540. The Morgan fingerprint density at radius 1 is 1.18 bits per heavy atom. The number of hydrogen-bond acceptors (Lipinski definition) is 8. The average molecular weight is 499 g/mol. The number of rotatable bonds is 10. The highest BCUT2D eigenvalue weighted by molar-refractivity contribution is 6.99. The largest absolute Gasteiger partial charge is 0.513 e. The van der Waals surface area contributed by atoms with Crippen molar-refractivity contribution in [1.29, 1.82) is 0 Å². The molecule has 1 aromatic rings. The molecule has 1 aliphatic heterocycles. The van der Waals surface area contributed by atoms with E-state index in [1.807, 2.05) is 6.92 Å². The number of aromatic nitrogens is 2. The predicted octanol–water partition coefficient (Wildman–Crippen LogP) is 5.83. The van der Waals surface area contributed by atoms with Gasteiger partial charge in [-0.15, -0.1) is 4.37 Å². The molecule has 194 valence electrons. The van der Waals surface area contributed by atoms with Gasteiger partial charge in [-0.3, -0.25) is 4.48 Å². The van der Waals surface area contributed by atoms with E-state index in [0.717, 1.165) is 62.9 Å². The van der Waals surface area contributed by atoms with Gasteiger partial charge in [0.25, 0.3) is 5.88 Å². The molecule has 0 saturated heterocycles. The number of quaternary nitrogens is 1. The fourth-order valence-electron chi connectivity index (χ4n) is 4.33. The Kier molecular flexibility index (Phi) is 12.9. The first-order valence-corrected chi connectivity index (χ1v) is 13.4. The predicted molar refractivity (Wildman–Crippen MR) is 135 cm³/mol. The lowest BCUT2D eigenvalue weighted by molar-refractivity contribution is -0.944. The number of methoxy groups -OCH3 is 1. The molecule has 1 saturated carbocycles. The molecule has 0 spiro atoms. The smallest absolute Gasteiger partial charge is 0.475 e. The molecule has 9 heteroatoms. The van der Waals surface area contributed by atoms with E-state index in [4.69, 9.17) is 14.2 Å². The molecule has 1 aromatic heterocycles. The van der Waals surface area contributed by atoms with E-state index in [9.17, 15) is 4.79 Å². The summed E-state index contributed by atoms with van der Waals surface area (Å²) in [5.74, 6) is 0.631. The molecule has 1 fully saturated rings. The van der Waals surface area contributed by atoms with Crippen LogP contribution >= 0.6 is 11.7 Å². The fraction of sp³-hybridized carbons (Fsp3) is 0.800. The van der Waals surface area contributed by atoms with Gasteiger partial charge in [-0.05, 0) is 32.1 Å². The monoisotopic (exact) mass is 498 g/mol. The van der Waals surface area contributed by atoms with Crippen molar-refractivity contribution in [2.24, 2.45) is 0 Å². The highest BCUT2D eigenvalue weighted by atomic mass is 32.1. The van der Waals surface area contributed by atoms with Gasteiger partial charge in [0.2, 0.25) is 6.23 Å². The number of ether oxygens (including phenoxy) is 4. The van der Waals surface area contributed by atoms with Gasteiger partial charge in [0.1, 0.15) is 18.3 Å². The summed E-state index contributed by atoms with van der Waals surface area (Å²) in [5.41, 5.74) is 1.95. The van der Waals surface area contributed by atoms with Crippen molar-refractivity contribution in [2.45, 2.75) is 90.4 Å². The molecule has 0 N–H and O–H groups in total. The summed E-state index contributed by atoms with van der Waals surface area (Å²) in [7, 11) is 5.37. The fourth-order valence-corrected chi connectivity index (χ4v) is 4.86. The summed E-state index contributed by atoms with van der Waals surface area (Å²) in [6, 6.07) is 0. The lowest BCUT2D eigenvalue weighted by Crippen LogP contribution is -2.55. The van der Waals surface area contributed by atoms with E-state index in [2.05, 4.69) is 33.5 Å². The van der Waals surface area contributed by atoms with E-state index in [0.29, 0.717) is 17.0 Å². The Morgan fingerprint density at radius 2 is 1.91 bits per heavy atom. The van der Waals surface area contributed by atoms with Crippen molar-refractivity contribution in [1.82, 2.24) is 8.75 Å². The van der Waals surface area contributed by atoms with Gasteiger partial charge in [-0.25, -0.2) is 4.79 Å². The molecule has 3 rings (SSSR count). The van der Waals surface area contributed by atoms with Crippen LogP contribution in [0.3, 0.4) is 0 Å². The molecule has 2 unspecified atom stereocenters. The number of nitrogens with zero attached hydrogens (tertiary/aromatic N) is 3. The van der Waals surface area contributed by atoms with Crippen LogP contribution in [0.25, 0.3) is 5.57 Å². The van der Waals surface area contributed by atoms with Crippen molar-refractivity contribution >= 4 is 23.5 Å². The highest BCUT2D eigenvalue weighted by Crippen LogP contribution is 2.32. The molecule has 2 aliphatic rings. The minimum absolute atomic E-state index is 0.00804. The third-order valence-corrected chi connectivity index (χ3v) is 7.03. The molecule has 1 aliphatic carbocycles. The molecule has 0 amide bonds. The maximum Gasteiger partial charge on any atom is 0.513 e. The Morgan fingerprint density at radius 3 is 2.62 bits per heavy atom. The first-order chi connectivity index (χ1) is 16.4. The first-order valence-electron chi connectivity index (χ1n) is 12.7. The molecule has 0 aromatic carbocycles. The molecule has 2 atom stereocenters. The van der Waals surface area contributed by atoms with Crippen molar-refractivity contribution in [3.8, 4) is 5.88 Å². The summed E-state index contributed by atoms with van der Waals surface area (Å²) in [4.78, 5) is 12.4. The van der Waals surface area contributed by atoms with Crippen molar-refractivity contribution in [2.75, 3.05) is 41.0 Å². The van der Waals surface area contributed by atoms with Gasteiger partial charge in [0, 0.05) is 33.1 Å². The summed E-state index contributed by atoms with van der Waals surface area (Å²) in [6.07, 6.45) is 12.3. The number of hydrogen-bond donors (Lipinski definition) is 0. The molecule has 34 heavy (non-hydrogen) atoms. The normalized spacial score (nSPS) is 21.6. The van der Waals surface area contributed by atoms with Crippen LogP contribution in [0.15, 0.2) is 6.08 Å². The molecule has 0 bridgehead atoms. The van der Waals surface area contributed by atoms with Gasteiger partial charge in [0.15, 0.2) is 0 Å². The van der Waals surface area contributed by atoms with Crippen molar-refractivity contribution in [3.05, 3.63) is 11.8 Å². The summed E-state index contributed by atoms with van der Waals surface area (Å²) >= 11 is 1.19. The van der Waals surface area contributed by atoms with E-state index in [1.54, 1.807) is 14.2 Å². The average Bonchev–Trinajstić information content (AvgIpc) is 3.29. The molecule has 0 radical (unpaired) electrons. The van der Waals surface area contributed by atoms with Gasteiger partial charge < -0.3 is 18.9 Å². The quantitative estimate of drug-likeness (QED) is 0.228. The number of likely N-dealkylation sites (N-methyl/N-ethyl adjacent to an activating group) is 1. The zero-order chi connectivity index (χ0) is 24.8. The van der Waals surface area contributed by atoms with Gasteiger partial charge >= 0.3 is 6.16 Å². The topological polar surface area (TPSA) is 79.8 Å². The first kappa shape index (κ1) is 28.5. The van der Waals surface area contributed by atoms with Gasteiger partial charge in [-0.1, -0.05) is 38.7 Å². The number of carbonyl (C=O) groups is 1. The van der Waals surface area contributed by atoms with Crippen LogP contribution in [0.4, 0.5) is 4.79 Å². The standard InChI is InChI=1S/C23H38N3O4S.C2H6O/c1-4-5-6-10-16-28-22-21(24-31-25-22)19-12-11-15-26(3,17-19)18(2)29-23(27)30-20-13-8-7-9-14-20;1-3-2/h12,18,20H,4-11,13-17H2,1-3H3;1-2H3/q+1;. The van der Waals surface area contributed by atoms with Crippen LogP contribution < -0.4 is 4.74 Å². The van der Waals surface area contributed by atoms with Crippen molar-refractivity contribution in [3.63, 3.8) is 0 Å². The third kappa shape index (κ3) is 9.15. The van der Waals surface area contributed by atoms with E-state index in [1.165, 1.54) is 37.4 Å². The third-order valence-electron chi connectivity index (χ3n) is 6.52. The van der Waals surface area contributed by atoms with E-state index < -0.39 is 6.16 Å². The van der Waals surface area contributed by atoms with Crippen LogP contribution in [0.2, 0.25) is 0 Å². The number of unbranched alkanes of at least 4 members (excludes halogenated alkanes) is 3. The Bertz CT molecular complexity index is 751. The molecule has 2 heterocycles. The van der Waals surface area contributed by atoms with Crippen molar-refractivity contribution < 1.29 is 28.2 Å². The maximum atomic E-state index is 12.4. The summed E-state index contributed by atoms with van der Waals surface area (Å²) < 4.78 is 30.9. The molecular formula is C25H44N3O5S+. The minimum Gasteiger partial charge on any atom is -0.475 e. The van der Waals surface area contributed by atoms with Crippen LogP contribution in [0.1, 0.15) is 83.7 Å². The highest BCUT2D eigenvalue weighted by Gasteiger charge is 2.37. The lowest BCUT2D eigenvalue weighted by Gasteiger charge is -2.41. The van der Waals surface area contributed by atoms with Crippen LogP contribution in [-0.4, -0.2) is 72.7 Å². The second-order valence-corrected chi connectivity index (χ2v) is 9.99. The van der Waals surface area contributed by atoms with E-state index in [-0.39, 0.29) is 12.3 Å². The van der Waals surface area contributed by atoms with Gasteiger partial charge in [0.05, 0.1) is 31.9 Å². The zero-order valence-electron chi connectivity index (χ0n) is 21.7. The van der Waals surface area contributed by atoms with E-state index >= 15 is 0 Å². The Balaban J connectivity index is 0.00000129. The van der Waals surface area contributed by atoms with Crippen LogP contribution in [-0.2, 0) is 14.2 Å². The molecular weight excluding hydrogens is 454 g/mol. The van der Waals surface area contributed by atoms with Crippen LogP contribution in [0.5, 0.6) is 5.88 Å². The zero-order valence-corrected chi connectivity index (χ0v) is 22.5. The Labute approximate surface area is 209 Å². The summed E-state index contributed by atoms with van der Waals surface area (Å²) in [5, 5.41) is 0. The maximum absolute atomic E-state index is 12.4. The second kappa shape index (κ2) is 15.3. The summed E-state index contributed by atoms with van der Waals surface area (Å²) in [6.45, 7) is 6.44. The second-order valence-electron chi connectivity index (χ2n) is 9.46. The van der Waals surface area contributed by atoms with Crippen LogP contribution in [0, 0.1) is 0 Å². The molecule has 8 nitrogen and oxygen atoms in total. The lowest BCUT2D eigenvalue weighted by atomic mass is 9.98. The number of carbonyl (C=O) groups excluding carboxylic acids is 1. The Hall–Kier alpha value is -1.71. The van der Waals surface area contributed by atoms with Gasteiger partial charge in [-0.2, -0.15) is 4.37 Å². The SMILES string of the molecule is CCCCCCOc1nsnc1C1=CCC[N+](C)(C(C)OC(=O)OC2CCCCC2)C1.COC.